The molecule has 1 heterocycles. The minimum Gasteiger partial charge on any atom is -0.497 e. The molecule has 0 bridgehead atoms. The summed E-state index contributed by atoms with van der Waals surface area (Å²) in [6.45, 7) is 1.85. The number of benzene rings is 2. The largest absolute Gasteiger partial charge is 0.497 e. The maximum absolute atomic E-state index is 13.2. The Hall–Kier alpha value is -3.06. The fourth-order valence-corrected chi connectivity index (χ4v) is 3.80. The molecule has 0 unspecified atom stereocenters. The zero-order valence-electron chi connectivity index (χ0n) is 14.2. The second kappa shape index (κ2) is 7.05. The summed E-state index contributed by atoms with van der Waals surface area (Å²) in [7, 11) is -2.63. The molecular weight excluding hydrogens is 354 g/mol. The Bertz CT molecular complexity index is 991. The van der Waals surface area contributed by atoms with Gasteiger partial charge in [0.05, 0.1) is 24.0 Å². The van der Waals surface area contributed by atoms with Crippen LogP contribution in [0.15, 0.2) is 76.2 Å². The lowest BCUT2D eigenvalue weighted by molar-refractivity contribution is 0.0979. The summed E-state index contributed by atoms with van der Waals surface area (Å²) >= 11 is 0. The molecule has 3 rings (SSSR count). The molecule has 0 radical (unpaired) electrons. The Morgan fingerprint density at radius 2 is 1.65 bits per heavy atom. The van der Waals surface area contributed by atoms with Crippen LogP contribution in [0, 0.1) is 6.92 Å². The van der Waals surface area contributed by atoms with E-state index in [-0.39, 0.29) is 16.3 Å². The van der Waals surface area contributed by atoms with Gasteiger partial charge in [0.15, 0.2) is 5.76 Å². The minimum atomic E-state index is -4.13. The molecule has 0 atom stereocenters. The van der Waals surface area contributed by atoms with Gasteiger partial charge in [-0.2, -0.15) is 4.31 Å². The molecule has 0 saturated heterocycles. The smallest absolute Gasteiger partial charge is 0.307 e. The van der Waals surface area contributed by atoms with Gasteiger partial charge in [0.25, 0.3) is 10.0 Å². The Kier molecular flexibility index (Phi) is 4.81. The third kappa shape index (κ3) is 3.34. The van der Waals surface area contributed by atoms with Gasteiger partial charge >= 0.3 is 5.91 Å². The Morgan fingerprint density at radius 3 is 2.19 bits per heavy atom. The van der Waals surface area contributed by atoms with Crippen molar-refractivity contribution in [3.05, 3.63) is 78.3 Å². The van der Waals surface area contributed by atoms with Crippen molar-refractivity contribution in [1.29, 1.82) is 0 Å². The number of amides is 1. The fourth-order valence-electron chi connectivity index (χ4n) is 2.40. The van der Waals surface area contributed by atoms with Crippen LogP contribution in [0.1, 0.15) is 16.1 Å². The van der Waals surface area contributed by atoms with Gasteiger partial charge in [0, 0.05) is 0 Å². The summed E-state index contributed by atoms with van der Waals surface area (Å²) < 4.78 is 37.3. The Labute approximate surface area is 151 Å². The first-order valence-electron chi connectivity index (χ1n) is 7.77. The van der Waals surface area contributed by atoms with Gasteiger partial charge < -0.3 is 9.15 Å². The van der Waals surface area contributed by atoms with Gasteiger partial charge in [0.2, 0.25) is 0 Å². The molecule has 0 aliphatic carbocycles. The van der Waals surface area contributed by atoms with E-state index in [4.69, 9.17) is 9.15 Å². The van der Waals surface area contributed by atoms with E-state index in [0.29, 0.717) is 5.75 Å². The second-order valence-electron chi connectivity index (χ2n) is 5.56. The summed E-state index contributed by atoms with van der Waals surface area (Å²) in [6.07, 6.45) is 1.32. The molecule has 6 nitrogen and oxygen atoms in total. The fraction of sp³-hybridized carbons (Fsp3) is 0.105. The summed E-state index contributed by atoms with van der Waals surface area (Å²) in [5.41, 5.74) is 1.10. The average Bonchev–Trinajstić information content (AvgIpc) is 3.17. The van der Waals surface area contributed by atoms with Crippen LogP contribution < -0.4 is 9.04 Å². The van der Waals surface area contributed by atoms with E-state index in [0.717, 1.165) is 9.87 Å². The van der Waals surface area contributed by atoms with E-state index in [1.54, 1.807) is 24.3 Å². The Balaban J connectivity index is 2.13. The number of hydrogen-bond donors (Lipinski definition) is 0. The summed E-state index contributed by atoms with van der Waals surface area (Å²) in [6, 6.07) is 15.4. The lowest BCUT2D eigenvalue weighted by Crippen LogP contribution is -2.36. The number of ether oxygens (including phenoxy) is 1. The van der Waals surface area contributed by atoms with Crippen molar-refractivity contribution in [2.24, 2.45) is 0 Å². The molecular formula is C19H17NO5S. The highest BCUT2D eigenvalue weighted by Crippen LogP contribution is 2.28. The highest BCUT2D eigenvalue weighted by atomic mass is 32.2. The molecule has 1 aromatic heterocycles. The van der Waals surface area contributed by atoms with Crippen LogP contribution in [0.25, 0.3) is 0 Å². The molecule has 26 heavy (non-hydrogen) atoms. The molecule has 134 valence electrons. The van der Waals surface area contributed by atoms with Crippen molar-refractivity contribution < 1.29 is 22.4 Å². The molecule has 0 spiro atoms. The van der Waals surface area contributed by atoms with Crippen LogP contribution >= 0.6 is 0 Å². The molecule has 1 amide bonds. The van der Waals surface area contributed by atoms with Gasteiger partial charge in [-0.3, -0.25) is 4.79 Å². The van der Waals surface area contributed by atoms with Gasteiger partial charge in [-0.1, -0.05) is 17.7 Å². The number of nitrogens with zero attached hydrogens (tertiary/aromatic N) is 1. The average molecular weight is 371 g/mol. The van der Waals surface area contributed by atoms with Gasteiger partial charge in [-0.05, 0) is 55.5 Å². The topological polar surface area (TPSA) is 76.8 Å². The number of rotatable bonds is 5. The Morgan fingerprint density at radius 1 is 1.00 bits per heavy atom. The van der Waals surface area contributed by atoms with Crippen molar-refractivity contribution in [1.82, 2.24) is 0 Å². The number of carbonyl (C=O) groups excluding carboxylic acids is 1. The van der Waals surface area contributed by atoms with Gasteiger partial charge in [-0.15, -0.1) is 0 Å². The monoisotopic (exact) mass is 371 g/mol. The molecule has 0 aliphatic heterocycles. The standard InChI is InChI=1S/C19H17NO5S/c1-14-5-11-17(12-6-14)26(22,23)20(19(21)18-4-3-13-25-18)15-7-9-16(24-2)10-8-15/h3-13H,1-2H3. The summed E-state index contributed by atoms with van der Waals surface area (Å²) in [5.74, 6) is -0.302. The first-order chi connectivity index (χ1) is 12.4. The van der Waals surface area contributed by atoms with Crippen LogP contribution in [0.3, 0.4) is 0 Å². The lowest BCUT2D eigenvalue weighted by atomic mass is 10.2. The zero-order valence-corrected chi connectivity index (χ0v) is 15.1. The summed E-state index contributed by atoms with van der Waals surface area (Å²) in [4.78, 5) is 12.9. The third-order valence-corrected chi connectivity index (χ3v) is 5.51. The predicted octanol–water partition coefficient (Wildman–Crippen LogP) is 3.63. The minimum absolute atomic E-state index is 0.0128. The molecule has 0 saturated carbocycles. The van der Waals surface area contributed by atoms with E-state index >= 15 is 0 Å². The van der Waals surface area contributed by atoms with E-state index in [1.807, 2.05) is 6.92 Å². The van der Waals surface area contributed by atoms with Crippen LogP contribution in [-0.4, -0.2) is 21.4 Å². The molecule has 0 fully saturated rings. The highest BCUT2D eigenvalue weighted by Gasteiger charge is 2.33. The number of hydrogen-bond acceptors (Lipinski definition) is 5. The zero-order chi connectivity index (χ0) is 18.7. The predicted molar refractivity (Wildman–Crippen MR) is 96.9 cm³/mol. The molecule has 0 aliphatic rings. The van der Waals surface area contributed by atoms with E-state index in [1.165, 1.54) is 49.8 Å². The SMILES string of the molecule is COc1ccc(N(C(=O)c2ccco2)S(=O)(=O)c2ccc(C)cc2)cc1. The van der Waals surface area contributed by atoms with Crippen LogP contribution in [0.4, 0.5) is 5.69 Å². The second-order valence-corrected chi connectivity index (χ2v) is 7.35. The van der Waals surface area contributed by atoms with E-state index in [2.05, 4.69) is 0 Å². The molecule has 3 aromatic rings. The highest BCUT2D eigenvalue weighted by molar-refractivity contribution is 7.93. The van der Waals surface area contributed by atoms with Crippen LogP contribution in [0.2, 0.25) is 0 Å². The lowest BCUT2D eigenvalue weighted by Gasteiger charge is -2.22. The van der Waals surface area contributed by atoms with Crippen molar-refractivity contribution in [2.75, 3.05) is 11.4 Å². The molecule has 2 aromatic carbocycles. The maximum atomic E-state index is 13.2. The van der Waals surface area contributed by atoms with E-state index < -0.39 is 15.9 Å². The number of sulfonamides is 1. The van der Waals surface area contributed by atoms with Crippen molar-refractivity contribution in [2.45, 2.75) is 11.8 Å². The van der Waals surface area contributed by atoms with Crippen molar-refractivity contribution in [3.8, 4) is 5.75 Å². The van der Waals surface area contributed by atoms with Crippen molar-refractivity contribution >= 4 is 21.6 Å². The van der Waals surface area contributed by atoms with Gasteiger partial charge in [0.1, 0.15) is 5.75 Å². The number of furan rings is 1. The number of carbonyl (C=O) groups is 1. The maximum Gasteiger partial charge on any atom is 0.307 e. The van der Waals surface area contributed by atoms with Crippen molar-refractivity contribution in [3.63, 3.8) is 0 Å². The number of methoxy groups -OCH3 is 1. The number of aryl methyl sites for hydroxylation is 1. The molecule has 0 N–H and O–H groups in total. The van der Waals surface area contributed by atoms with E-state index in [9.17, 15) is 13.2 Å². The van der Waals surface area contributed by atoms with Crippen LogP contribution in [-0.2, 0) is 10.0 Å². The quantitative estimate of drug-likeness (QED) is 0.684. The third-order valence-electron chi connectivity index (χ3n) is 3.78. The summed E-state index contributed by atoms with van der Waals surface area (Å²) in [5, 5.41) is 0. The van der Waals surface area contributed by atoms with Gasteiger partial charge in [-0.25, -0.2) is 8.42 Å². The van der Waals surface area contributed by atoms with Crippen LogP contribution in [0.5, 0.6) is 5.75 Å². The first kappa shape index (κ1) is 17.8. The first-order valence-corrected chi connectivity index (χ1v) is 9.21. The normalized spacial score (nSPS) is 11.2. The number of anilines is 1. The molecule has 7 heteroatoms.